The molecule has 0 saturated heterocycles. The van der Waals surface area contributed by atoms with Crippen molar-refractivity contribution in [3.8, 4) is 0 Å². The van der Waals surface area contributed by atoms with Gasteiger partial charge in [0.1, 0.15) is 5.82 Å². The topological polar surface area (TPSA) is 55.1 Å². The van der Waals surface area contributed by atoms with Gasteiger partial charge >= 0.3 is 0 Å². The molecule has 2 rings (SSSR count). The van der Waals surface area contributed by atoms with Crippen molar-refractivity contribution < 1.29 is 9.18 Å². The zero-order valence-electron chi connectivity index (χ0n) is 11.3. The highest BCUT2D eigenvalue weighted by molar-refractivity contribution is 5.92. The van der Waals surface area contributed by atoms with E-state index < -0.39 is 5.91 Å². The number of benzene rings is 2. The molecule has 0 aliphatic heterocycles. The first-order valence-corrected chi connectivity index (χ1v) is 6.44. The SMILES string of the molecule is C[C@H](NCc1cc(C(N)=O)ccc1F)c1ccccc1. The van der Waals surface area contributed by atoms with Gasteiger partial charge in [0, 0.05) is 23.7 Å². The second kappa shape index (κ2) is 6.30. The van der Waals surface area contributed by atoms with E-state index in [4.69, 9.17) is 5.73 Å². The standard InChI is InChI=1S/C16H17FN2O/c1-11(12-5-3-2-4-6-12)19-10-14-9-13(16(18)20)7-8-15(14)17/h2-9,11,19H,10H2,1H3,(H2,18,20)/t11-/m0/s1. The number of halogens is 1. The van der Waals surface area contributed by atoms with Crippen LogP contribution in [0.1, 0.15) is 34.5 Å². The maximum Gasteiger partial charge on any atom is 0.248 e. The van der Waals surface area contributed by atoms with Crippen LogP contribution in [0.3, 0.4) is 0 Å². The minimum Gasteiger partial charge on any atom is -0.366 e. The van der Waals surface area contributed by atoms with Crippen LogP contribution in [-0.4, -0.2) is 5.91 Å². The normalized spacial score (nSPS) is 12.1. The maximum absolute atomic E-state index is 13.7. The molecule has 1 amide bonds. The Hall–Kier alpha value is -2.20. The number of rotatable bonds is 5. The van der Waals surface area contributed by atoms with Crippen molar-refractivity contribution in [1.29, 1.82) is 0 Å². The molecule has 3 N–H and O–H groups in total. The highest BCUT2D eigenvalue weighted by atomic mass is 19.1. The van der Waals surface area contributed by atoms with Crippen LogP contribution in [0.2, 0.25) is 0 Å². The molecule has 0 aromatic heterocycles. The van der Waals surface area contributed by atoms with Crippen molar-refractivity contribution in [2.45, 2.75) is 19.5 Å². The van der Waals surface area contributed by atoms with Crippen molar-refractivity contribution in [2.24, 2.45) is 5.73 Å². The number of nitrogens with two attached hydrogens (primary N) is 1. The molecule has 0 unspecified atom stereocenters. The monoisotopic (exact) mass is 272 g/mol. The first kappa shape index (κ1) is 14.2. The summed E-state index contributed by atoms with van der Waals surface area (Å²) in [5, 5.41) is 3.23. The quantitative estimate of drug-likeness (QED) is 0.879. The van der Waals surface area contributed by atoms with Crippen molar-refractivity contribution in [1.82, 2.24) is 5.32 Å². The average Bonchev–Trinajstić information content (AvgIpc) is 2.46. The number of hydrogen-bond acceptors (Lipinski definition) is 2. The van der Waals surface area contributed by atoms with Crippen LogP contribution >= 0.6 is 0 Å². The minimum absolute atomic E-state index is 0.0906. The highest BCUT2D eigenvalue weighted by Crippen LogP contribution is 2.15. The number of nitrogens with one attached hydrogen (secondary N) is 1. The molecule has 2 aromatic rings. The second-order valence-corrected chi connectivity index (χ2v) is 4.68. The molecule has 0 saturated carbocycles. The number of amides is 1. The summed E-state index contributed by atoms with van der Waals surface area (Å²) in [6.07, 6.45) is 0. The molecular weight excluding hydrogens is 255 g/mol. The van der Waals surface area contributed by atoms with Gasteiger partial charge in [0.05, 0.1) is 0 Å². The van der Waals surface area contributed by atoms with E-state index in [0.29, 0.717) is 17.7 Å². The smallest absolute Gasteiger partial charge is 0.248 e. The first-order valence-electron chi connectivity index (χ1n) is 6.44. The molecule has 4 heteroatoms. The Kier molecular flexibility index (Phi) is 4.48. The molecule has 1 atom stereocenters. The van der Waals surface area contributed by atoms with E-state index in [1.807, 2.05) is 37.3 Å². The van der Waals surface area contributed by atoms with Crippen LogP contribution in [-0.2, 0) is 6.54 Å². The Morgan fingerprint density at radius 3 is 2.60 bits per heavy atom. The molecule has 0 heterocycles. The summed E-state index contributed by atoms with van der Waals surface area (Å²) in [6.45, 7) is 2.34. The van der Waals surface area contributed by atoms with Crippen molar-refractivity contribution in [3.05, 3.63) is 71.0 Å². The predicted octanol–water partition coefficient (Wildman–Crippen LogP) is 2.78. The lowest BCUT2D eigenvalue weighted by molar-refractivity contribution is 0.1000. The van der Waals surface area contributed by atoms with Gasteiger partial charge < -0.3 is 11.1 Å². The summed E-state index contributed by atoms with van der Waals surface area (Å²) in [6, 6.07) is 14.1. The summed E-state index contributed by atoms with van der Waals surface area (Å²) >= 11 is 0. The van der Waals surface area contributed by atoms with Gasteiger partial charge in [0.25, 0.3) is 0 Å². The highest BCUT2D eigenvalue weighted by Gasteiger charge is 2.09. The fourth-order valence-electron chi connectivity index (χ4n) is 1.99. The Bertz CT molecular complexity index is 599. The third kappa shape index (κ3) is 3.42. The van der Waals surface area contributed by atoms with E-state index in [0.717, 1.165) is 5.56 Å². The molecule has 0 aliphatic rings. The van der Waals surface area contributed by atoms with Crippen LogP contribution in [0.25, 0.3) is 0 Å². The van der Waals surface area contributed by atoms with Crippen LogP contribution < -0.4 is 11.1 Å². The molecule has 20 heavy (non-hydrogen) atoms. The van der Waals surface area contributed by atoms with E-state index in [1.165, 1.54) is 18.2 Å². The van der Waals surface area contributed by atoms with Crippen LogP contribution in [0, 0.1) is 5.82 Å². The lowest BCUT2D eigenvalue weighted by Gasteiger charge is -2.15. The van der Waals surface area contributed by atoms with E-state index in [1.54, 1.807) is 0 Å². The van der Waals surface area contributed by atoms with Gasteiger partial charge in [-0.2, -0.15) is 0 Å². The summed E-state index contributed by atoms with van der Waals surface area (Å²) in [7, 11) is 0. The molecule has 0 fully saturated rings. The van der Waals surface area contributed by atoms with E-state index in [2.05, 4.69) is 5.32 Å². The molecule has 104 valence electrons. The Morgan fingerprint density at radius 1 is 1.25 bits per heavy atom. The van der Waals surface area contributed by atoms with Crippen molar-refractivity contribution in [3.63, 3.8) is 0 Å². The second-order valence-electron chi connectivity index (χ2n) is 4.68. The zero-order chi connectivity index (χ0) is 14.5. The number of primary amides is 1. The van der Waals surface area contributed by atoms with Crippen LogP contribution in [0.15, 0.2) is 48.5 Å². The third-order valence-electron chi connectivity index (χ3n) is 3.23. The van der Waals surface area contributed by atoms with Crippen LogP contribution in [0.4, 0.5) is 4.39 Å². The Labute approximate surface area is 117 Å². The molecule has 0 bridgehead atoms. The van der Waals surface area contributed by atoms with Gasteiger partial charge in [-0.05, 0) is 30.7 Å². The lowest BCUT2D eigenvalue weighted by atomic mass is 10.1. The van der Waals surface area contributed by atoms with E-state index in [9.17, 15) is 9.18 Å². The zero-order valence-corrected chi connectivity index (χ0v) is 11.3. The summed E-state index contributed by atoms with van der Waals surface area (Å²) < 4.78 is 13.7. The Balaban J connectivity index is 2.07. The van der Waals surface area contributed by atoms with Gasteiger partial charge in [-0.3, -0.25) is 4.79 Å². The number of carbonyl (C=O) groups is 1. The largest absolute Gasteiger partial charge is 0.366 e. The van der Waals surface area contributed by atoms with Crippen molar-refractivity contribution in [2.75, 3.05) is 0 Å². The average molecular weight is 272 g/mol. The summed E-state index contributed by atoms with van der Waals surface area (Å²) in [4.78, 5) is 11.1. The molecular formula is C16H17FN2O. The minimum atomic E-state index is -0.553. The van der Waals surface area contributed by atoms with Crippen LogP contribution in [0.5, 0.6) is 0 Å². The molecule has 0 radical (unpaired) electrons. The van der Waals surface area contributed by atoms with Crippen molar-refractivity contribution >= 4 is 5.91 Å². The van der Waals surface area contributed by atoms with E-state index >= 15 is 0 Å². The number of carbonyl (C=O) groups excluding carboxylic acids is 1. The molecule has 3 nitrogen and oxygen atoms in total. The third-order valence-corrected chi connectivity index (χ3v) is 3.23. The van der Waals surface area contributed by atoms with Gasteiger partial charge in [-0.15, -0.1) is 0 Å². The molecule has 0 spiro atoms. The fourth-order valence-corrected chi connectivity index (χ4v) is 1.99. The summed E-state index contributed by atoms with van der Waals surface area (Å²) in [5.41, 5.74) is 7.07. The number of hydrogen-bond donors (Lipinski definition) is 2. The van der Waals surface area contributed by atoms with Gasteiger partial charge in [0.2, 0.25) is 5.91 Å². The maximum atomic E-state index is 13.7. The fraction of sp³-hybridized carbons (Fsp3) is 0.188. The molecule has 0 aliphatic carbocycles. The van der Waals surface area contributed by atoms with Gasteiger partial charge in [-0.1, -0.05) is 30.3 Å². The predicted molar refractivity (Wildman–Crippen MR) is 76.6 cm³/mol. The van der Waals surface area contributed by atoms with E-state index in [-0.39, 0.29) is 11.9 Å². The molecule has 2 aromatic carbocycles. The first-order chi connectivity index (χ1) is 9.58. The van der Waals surface area contributed by atoms with Gasteiger partial charge in [-0.25, -0.2) is 4.39 Å². The Morgan fingerprint density at radius 2 is 1.95 bits per heavy atom. The van der Waals surface area contributed by atoms with Gasteiger partial charge in [0.15, 0.2) is 0 Å². The lowest BCUT2D eigenvalue weighted by Crippen LogP contribution is -2.19. The summed E-state index contributed by atoms with van der Waals surface area (Å²) in [5.74, 6) is -0.898.